The molecule has 0 aliphatic carbocycles. The molecule has 3 aromatic rings. The van der Waals surface area contributed by atoms with E-state index in [4.69, 9.17) is 10.5 Å². The Kier molecular flexibility index (Phi) is 5.37. The maximum Gasteiger partial charge on any atom is 0.316 e. The van der Waals surface area contributed by atoms with Gasteiger partial charge in [-0.05, 0) is 67.1 Å². The van der Waals surface area contributed by atoms with E-state index in [0.29, 0.717) is 22.7 Å². The third kappa shape index (κ3) is 5.09. The van der Waals surface area contributed by atoms with E-state index >= 15 is 0 Å². The van der Waals surface area contributed by atoms with Gasteiger partial charge in [0.05, 0.1) is 0 Å². The fourth-order valence-electron chi connectivity index (χ4n) is 2.50. The van der Waals surface area contributed by atoms with Crippen molar-refractivity contribution in [3.8, 4) is 11.5 Å². The Bertz CT molecular complexity index is 968. The van der Waals surface area contributed by atoms with Crippen molar-refractivity contribution in [2.24, 2.45) is 5.73 Å². The third-order valence-electron chi connectivity index (χ3n) is 3.73. The molecule has 0 aliphatic heterocycles. The Morgan fingerprint density at radius 2 is 1.56 bits per heavy atom. The molecule has 0 bridgehead atoms. The number of rotatable bonds is 5. The van der Waals surface area contributed by atoms with Crippen molar-refractivity contribution in [3.05, 3.63) is 83.9 Å². The summed E-state index contributed by atoms with van der Waals surface area (Å²) in [6.45, 7) is 2.00. The Balaban J connectivity index is 1.65. The SMILES string of the molecule is Cc1cccc(Oc2ccc(NC(=O)c3cccc(NC(N)=O)c3)cc2)c1. The summed E-state index contributed by atoms with van der Waals surface area (Å²) in [5, 5.41) is 5.24. The van der Waals surface area contributed by atoms with E-state index in [0.717, 1.165) is 11.3 Å². The average molecular weight is 361 g/mol. The maximum absolute atomic E-state index is 12.4. The predicted molar refractivity (Wildman–Crippen MR) is 105 cm³/mol. The van der Waals surface area contributed by atoms with Crippen LogP contribution in [0.1, 0.15) is 15.9 Å². The van der Waals surface area contributed by atoms with Gasteiger partial charge in [-0.2, -0.15) is 0 Å². The molecule has 0 radical (unpaired) electrons. The zero-order valence-corrected chi connectivity index (χ0v) is 14.7. The van der Waals surface area contributed by atoms with Gasteiger partial charge >= 0.3 is 6.03 Å². The highest BCUT2D eigenvalue weighted by Crippen LogP contribution is 2.24. The molecule has 3 amide bonds. The molecule has 136 valence electrons. The van der Waals surface area contributed by atoms with Crippen LogP contribution in [0.5, 0.6) is 11.5 Å². The predicted octanol–water partition coefficient (Wildman–Crippen LogP) is 4.53. The first-order valence-corrected chi connectivity index (χ1v) is 8.32. The summed E-state index contributed by atoms with van der Waals surface area (Å²) >= 11 is 0. The summed E-state index contributed by atoms with van der Waals surface area (Å²) in [7, 11) is 0. The van der Waals surface area contributed by atoms with Gasteiger partial charge in [-0.25, -0.2) is 4.79 Å². The summed E-state index contributed by atoms with van der Waals surface area (Å²) in [5.74, 6) is 1.13. The van der Waals surface area contributed by atoms with Crippen LogP contribution in [0.4, 0.5) is 16.2 Å². The molecular weight excluding hydrogens is 342 g/mol. The van der Waals surface area contributed by atoms with E-state index in [-0.39, 0.29) is 5.91 Å². The molecule has 0 unspecified atom stereocenters. The van der Waals surface area contributed by atoms with Crippen LogP contribution in [0, 0.1) is 6.92 Å². The Labute approximate surface area is 157 Å². The molecule has 0 saturated carbocycles. The second-order valence-electron chi connectivity index (χ2n) is 5.97. The molecule has 3 aromatic carbocycles. The minimum atomic E-state index is -0.684. The van der Waals surface area contributed by atoms with Crippen molar-refractivity contribution in [1.29, 1.82) is 0 Å². The standard InChI is InChI=1S/C21H19N3O3/c1-14-4-2-7-19(12-14)27-18-10-8-16(9-11-18)23-20(25)15-5-3-6-17(13-15)24-21(22)26/h2-13H,1H3,(H,23,25)(H3,22,24,26). The minimum absolute atomic E-state index is 0.296. The number of amides is 3. The number of hydrogen-bond donors (Lipinski definition) is 3. The Morgan fingerprint density at radius 3 is 2.26 bits per heavy atom. The van der Waals surface area contributed by atoms with Crippen LogP contribution in [0.3, 0.4) is 0 Å². The van der Waals surface area contributed by atoms with Gasteiger partial charge in [0.15, 0.2) is 0 Å². The van der Waals surface area contributed by atoms with Crippen LogP contribution in [-0.2, 0) is 0 Å². The van der Waals surface area contributed by atoms with Crippen LogP contribution in [-0.4, -0.2) is 11.9 Å². The van der Waals surface area contributed by atoms with Crippen LogP contribution >= 0.6 is 0 Å². The zero-order valence-electron chi connectivity index (χ0n) is 14.7. The van der Waals surface area contributed by atoms with Crippen molar-refractivity contribution < 1.29 is 14.3 Å². The first kappa shape index (κ1) is 18.0. The maximum atomic E-state index is 12.4. The van der Waals surface area contributed by atoms with Crippen LogP contribution in [0.2, 0.25) is 0 Å². The lowest BCUT2D eigenvalue weighted by Crippen LogP contribution is -2.19. The first-order valence-electron chi connectivity index (χ1n) is 8.32. The number of ether oxygens (including phenoxy) is 1. The lowest BCUT2D eigenvalue weighted by molar-refractivity contribution is 0.102. The van der Waals surface area contributed by atoms with E-state index in [1.165, 1.54) is 0 Å². The van der Waals surface area contributed by atoms with E-state index < -0.39 is 6.03 Å². The van der Waals surface area contributed by atoms with Gasteiger partial charge in [0.1, 0.15) is 11.5 Å². The largest absolute Gasteiger partial charge is 0.457 e. The second kappa shape index (κ2) is 8.05. The van der Waals surface area contributed by atoms with Crippen LogP contribution in [0.25, 0.3) is 0 Å². The smallest absolute Gasteiger partial charge is 0.316 e. The molecule has 6 nitrogen and oxygen atoms in total. The summed E-state index contributed by atoms with van der Waals surface area (Å²) in [5.41, 5.74) is 7.69. The number of aryl methyl sites for hydroxylation is 1. The fourth-order valence-corrected chi connectivity index (χ4v) is 2.50. The van der Waals surface area contributed by atoms with E-state index in [1.54, 1.807) is 48.5 Å². The van der Waals surface area contributed by atoms with E-state index in [1.807, 2.05) is 31.2 Å². The normalized spacial score (nSPS) is 10.1. The highest BCUT2D eigenvalue weighted by atomic mass is 16.5. The highest BCUT2D eigenvalue weighted by molar-refractivity contribution is 6.05. The Hall–Kier alpha value is -3.80. The first-order chi connectivity index (χ1) is 13.0. The number of carbonyl (C=O) groups is 2. The van der Waals surface area contributed by atoms with Crippen molar-refractivity contribution in [2.75, 3.05) is 10.6 Å². The van der Waals surface area contributed by atoms with Gasteiger partial charge in [-0.15, -0.1) is 0 Å². The van der Waals surface area contributed by atoms with Crippen molar-refractivity contribution >= 4 is 23.3 Å². The quantitative estimate of drug-likeness (QED) is 0.623. The number of hydrogen-bond acceptors (Lipinski definition) is 3. The number of benzene rings is 3. The van der Waals surface area contributed by atoms with E-state index in [2.05, 4.69) is 10.6 Å². The average Bonchev–Trinajstić information content (AvgIpc) is 2.63. The van der Waals surface area contributed by atoms with Gasteiger partial charge in [0.2, 0.25) is 0 Å². The summed E-state index contributed by atoms with van der Waals surface area (Å²) in [4.78, 5) is 23.3. The molecule has 0 saturated heterocycles. The number of nitrogens with two attached hydrogens (primary N) is 1. The summed E-state index contributed by atoms with van der Waals surface area (Å²) in [6.07, 6.45) is 0. The van der Waals surface area contributed by atoms with Crippen molar-refractivity contribution in [2.45, 2.75) is 6.92 Å². The highest BCUT2D eigenvalue weighted by Gasteiger charge is 2.08. The van der Waals surface area contributed by atoms with Gasteiger partial charge in [0.25, 0.3) is 5.91 Å². The lowest BCUT2D eigenvalue weighted by atomic mass is 10.2. The molecular formula is C21H19N3O3. The molecule has 27 heavy (non-hydrogen) atoms. The Morgan fingerprint density at radius 1 is 0.815 bits per heavy atom. The van der Waals surface area contributed by atoms with Gasteiger partial charge < -0.3 is 21.1 Å². The molecule has 4 N–H and O–H groups in total. The summed E-state index contributed by atoms with van der Waals surface area (Å²) in [6, 6.07) is 20.7. The zero-order chi connectivity index (χ0) is 19.2. The lowest BCUT2D eigenvalue weighted by Gasteiger charge is -2.09. The second-order valence-corrected chi connectivity index (χ2v) is 5.97. The number of primary amides is 1. The van der Waals surface area contributed by atoms with Crippen LogP contribution < -0.4 is 21.1 Å². The molecule has 0 heterocycles. The molecule has 0 aliphatic rings. The van der Waals surface area contributed by atoms with Crippen molar-refractivity contribution in [1.82, 2.24) is 0 Å². The van der Waals surface area contributed by atoms with Gasteiger partial charge in [-0.3, -0.25) is 4.79 Å². The number of urea groups is 1. The molecule has 6 heteroatoms. The van der Waals surface area contributed by atoms with Gasteiger partial charge in [0, 0.05) is 16.9 Å². The monoisotopic (exact) mass is 361 g/mol. The topological polar surface area (TPSA) is 93.4 Å². The van der Waals surface area contributed by atoms with Crippen molar-refractivity contribution in [3.63, 3.8) is 0 Å². The minimum Gasteiger partial charge on any atom is -0.457 e. The van der Waals surface area contributed by atoms with Gasteiger partial charge in [-0.1, -0.05) is 18.2 Å². The molecule has 0 aromatic heterocycles. The molecule has 0 spiro atoms. The fraction of sp³-hybridized carbons (Fsp3) is 0.0476. The van der Waals surface area contributed by atoms with Crippen LogP contribution in [0.15, 0.2) is 72.8 Å². The number of anilines is 2. The molecule has 0 fully saturated rings. The third-order valence-corrected chi connectivity index (χ3v) is 3.73. The van der Waals surface area contributed by atoms with E-state index in [9.17, 15) is 9.59 Å². The molecule has 0 atom stereocenters. The number of nitrogens with one attached hydrogen (secondary N) is 2. The summed E-state index contributed by atoms with van der Waals surface area (Å²) < 4.78 is 5.79. The molecule has 3 rings (SSSR count). The number of carbonyl (C=O) groups excluding carboxylic acids is 2.